The maximum Gasteiger partial charge on any atom is 0.255 e. The molecule has 1 aromatic heterocycles. The molecule has 0 aliphatic carbocycles. The lowest BCUT2D eigenvalue weighted by Gasteiger charge is -2.29. The van der Waals surface area contributed by atoms with Crippen molar-refractivity contribution in [3.63, 3.8) is 0 Å². The summed E-state index contributed by atoms with van der Waals surface area (Å²) in [6, 6.07) is 19.5. The highest BCUT2D eigenvalue weighted by Crippen LogP contribution is 2.35. The van der Waals surface area contributed by atoms with Crippen LogP contribution in [0.1, 0.15) is 68.7 Å². The molecule has 4 aromatic carbocycles. The van der Waals surface area contributed by atoms with E-state index in [4.69, 9.17) is 16.6 Å². The number of hydrogen-bond donors (Lipinski definition) is 4. The molecule has 16 heteroatoms. The van der Waals surface area contributed by atoms with E-state index in [-0.39, 0.29) is 79.7 Å². The second-order valence-corrected chi connectivity index (χ2v) is 14.3. The van der Waals surface area contributed by atoms with Crippen molar-refractivity contribution < 1.29 is 32.8 Å². The molecule has 5 amide bonds. The van der Waals surface area contributed by atoms with Crippen LogP contribution in [0.5, 0.6) is 0 Å². The molecule has 58 heavy (non-hydrogen) atoms. The van der Waals surface area contributed by atoms with E-state index in [9.17, 15) is 32.8 Å². The Balaban J connectivity index is 0.856. The van der Waals surface area contributed by atoms with Gasteiger partial charge in [-0.2, -0.15) is 0 Å². The number of amides is 5. The number of carbonyl (C=O) groups excluding carboxylic acids is 5. The Hall–Kier alpha value is -6.87. The minimum absolute atomic E-state index is 0.0729. The molecule has 3 aliphatic heterocycles. The summed E-state index contributed by atoms with van der Waals surface area (Å²) in [5.74, 6) is -3.11. The highest BCUT2D eigenvalue weighted by molar-refractivity contribution is 6.31. The van der Waals surface area contributed by atoms with Crippen LogP contribution in [-0.4, -0.2) is 62.7 Å². The fourth-order valence-electron chi connectivity index (χ4n) is 7.22. The first-order chi connectivity index (χ1) is 28.0. The molecule has 0 spiro atoms. The monoisotopic (exact) mass is 802 g/mol. The molecule has 8 rings (SSSR count). The van der Waals surface area contributed by atoms with Gasteiger partial charge in [-0.1, -0.05) is 29.8 Å². The average molecular weight is 803 g/mol. The fourth-order valence-corrected chi connectivity index (χ4v) is 7.40. The predicted octanol–water partition coefficient (Wildman–Crippen LogP) is 6.08. The van der Waals surface area contributed by atoms with Gasteiger partial charge in [-0.15, -0.1) is 0 Å². The molecule has 0 saturated carbocycles. The molecule has 1 fully saturated rings. The third-order valence-corrected chi connectivity index (χ3v) is 10.3. The van der Waals surface area contributed by atoms with E-state index >= 15 is 0 Å². The van der Waals surface area contributed by atoms with Gasteiger partial charge >= 0.3 is 0 Å². The van der Waals surface area contributed by atoms with Crippen LogP contribution in [0.4, 0.5) is 26.1 Å². The number of hydrogen-bond acceptors (Lipinski definition) is 9. The van der Waals surface area contributed by atoms with Crippen molar-refractivity contribution in [2.24, 2.45) is 4.99 Å². The summed E-state index contributed by atoms with van der Waals surface area (Å²) in [6.45, 7) is 0.429. The van der Waals surface area contributed by atoms with Gasteiger partial charge in [0.05, 0.1) is 23.5 Å². The van der Waals surface area contributed by atoms with E-state index in [1.165, 1.54) is 23.1 Å². The van der Waals surface area contributed by atoms with Gasteiger partial charge in [-0.3, -0.25) is 34.3 Å². The normalized spacial score (nSPS) is 15.7. The van der Waals surface area contributed by atoms with Crippen LogP contribution in [0.3, 0.4) is 0 Å². The molecule has 1 unspecified atom stereocenters. The Bertz CT molecular complexity index is 2550. The van der Waals surface area contributed by atoms with Gasteiger partial charge in [0.1, 0.15) is 17.7 Å². The molecule has 3 aliphatic rings. The van der Waals surface area contributed by atoms with Gasteiger partial charge in [0.15, 0.2) is 0 Å². The van der Waals surface area contributed by atoms with Crippen molar-refractivity contribution in [1.29, 1.82) is 0 Å². The highest BCUT2D eigenvalue weighted by Gasteiger charge is 2.40. The number of fused-ring (bicyclic) bond motifs is 4. The number of piperidine rings is 1. The molecular formula is C42H33ClF2N8O5. The molecule has 0 bridgehead atoms. The summed E-state index contributed by atoms with van der Waals surface area (Å²) in [6.07, 6.45) is 2.42. The van der Waals surface area contributed by atoms with E-state index in [0.29, 0.717) is 61.9 Å². The van der Waals surface area contributed by atoms with Crippen LogP contribution in [0, 0.1) is 11.6 Å². The van der Waals surface area contributed by atoms with Crippen molar-refractivity contribution in [2.75, 3.05) is 17.2 Å². The SMILES string of the molecule is O=C1CCC(N2Cc3c(NC(=O)CCCNC(=O)c4ccc(Nc5ncc6c(n5)-c5ccc(Cl)cc5C(c5c(F)cccc5F)=NC6)cc4)cccc3C2=O)C(=O)N1. The quantitative estimate of drug-likeness (QED) is 0.0971. The zero-order valence-electron chi connectivity index (χ0n) is 30.6. The van der Waals surface area contributed by atoms with Gasteiger partial charge in [0, 0.05) is 81.9 Å². The number of aliphatic imine (C=N–C) groups is 1. The average Bonchev–Trinajstić information content (AvgIpc) is 3.46. The van der Waals surface area contributed by atoms with Gasteiger partial charge in [-0.25, -0.2) is 18.7 Å². The lowest BCUT2D eigenvalue weighted by molar-refractivity contribution is -0.137. The van der Waals surface area contributed by atoms with Crippen LogP contribution in [0.2, 0.25) is 5.02 Å². The van der Waals surface area contributed by atoms with E-state index < -0.39 is 23.6 Å². The number of carbonyl (C=O) groups is 5. The lowest BCUT2D eigenvalue weighted by Crippen LogP contribution is -2.52. The largest absolute Gasteiger partial charge is 0.352 e. The minimum Gasteiger partial charge on any atom is -0.352 e. The summed E-state index contributed by atoms with van der Waals surface area (Å²) in [5, 5.41) is 11.4. The smallest absolute Gasteiger partial charge is 0.255 e. The number of aromatic nitrogens is 2. The Morgan fingerprint density at radius 2 is 1.71 bits per heavy atom. The van der Waals surface area contributed by atoms with Gasteiger partial charge in [-0.05, 0) is 73.5 Å². The molecule has 1 atom stereocenters. The Kier molecular flexibility index (Phi) is 10.4. The maximum atomic E-state index is 14.9. The number of rotatable bonds is 10. The molecule has 1 saturated heterocycles. The Morgan fingerprint density at radius 3 is 2.48 bits per heavy atom. The van der Waals surface area contributed by atoms with E-state index in [2.05, 4.69) is 31.2 Å². The number of nitrogens with zero attached hydrogens (tertiary/aromatic N) is 4. The van der Waals surface area contributed by atoms with Crippen molar-refractivity contribution in [1.82, 2.24) is 25.5 Å². The number of imide groups is 1. The lowest BCUT2D eigenvalue weighted by atomic mass is 9.95. The maximum absolute atomic E-state index is 14.9. The summed E-state index contributed by atoms with van der Waals surface area (Å²) in [4.78, 5) is 78.0. The number of anilines is 3. The fraction of sp³-hybridized carbons (Fsp3) is 0.190. The first-order valence-electron chi connectivity index (χ1n) is 18.4. The van der Waals surface area contributed by atoms with E-state index in [1.54, 1.807) is 66.9 Å². The van der Waals surface area contributed by atoms with Crippen LogP contribution < -0.4 is 21.3 Å². The van der Waals surface area contributed by atoms with E-state index in [0.717, 1.165) is 0 Å². The minimum atomic E-state index is -0.764. The summed E-state index contributed by atoms with van der Waals surface area (Å²) >= 11 is 6.33. The molecule has 292 valence electrons. The molecule has 4 N–H and O–H groups in total. The van der Waals surface area contributed by atoms with Crippen LogP contribution in [0.15, 0.2) is 90.1 Å². The van der Waals surface area contributed by atoms with Crippen LogP contribution in [0.25, 0.3) is 11.3 Å². The number of halogens is 3. The Labute approximate surface area is 334 Å². The second-order valence-electron chi connectivity index (χ2n) is 13.9. The first kappa shape index (κ1) is 38.0. The number of nitrogens with one attached hydrogen (secondary N) is 4. The third-order valence-electron chi connectivity index (χ3n) is 10.1. The van der Waals surface area contributed by atoms with Crippen molar-refractivity contribution in [2.45, 2.75) is 44.8 Å². The molecule has 4 heterocycles. The molecule has 13 nitrogen and oxygen atoms in total. The zero-order valence-corrected chi connectivity index (χ0v) is 31.3. The van der Waals surface area contributed by atoms with Crippen molar-refractivity contribution >= 4 is 64.2 Å². The second kappa shape index (κ2) is 15.9. The van der Waals surface area contributed by atoms with Crippen LogP contribution >= 0.6 is 11.6 Å². The standard InChI is InChI=1S/C42H33ClF2N8O5/c43-24-11-14-26-28(18-24)38(36-30(44)5-2-6-31(36)45)47-19-23-20-48-42(52-37(23)26)49-25-12-9-22(10-13-25)39(56)46-17-3-8-34(54)50-32-7-1-4-27-29(32)21-53(41(27)58)33-15-16-35(55)51-40(33)57/h1-2,4-7,9-14,18,20,33H,3,8,15-17,19,21H2,(H,46,56)(H,50,54)(H,48,49,52)(H,51,55,57). The highest BCUT2D eigenvalue weighted by atomic mass is 35.5. The summed E-state index contributed by atoms with van der Waals surface area (Å²) in [5.41, 5.74) is 4.46. The molecular weight excluding hydrogens is 770 g/mol. The van der Waals surface area contributed by atoms with Gasteiger partial charge in [0.2, 0.25) is 23.7 Å². The zero-order chi connectivity index (χ0) is 40.5. The topological polar surface area (TPSA) is 175 Å². The summed E-state index contributed by atoms with van der Waals surface area (Å²) in [7, 11) is 0. The predicted molar refractivity (Wildman–Crippen MR) is 211 cm³/mol. The molecule has 0 radical (unpaired) electrons. The van der Waals surface area contributed by atoms with Gasteiger partial charge < -0.3 is 20.9 Å². The summed E-state index contributed by atoms with van der Waals surface area (Å²) < 4.78 is 29.8. The Morgan fingerprint density at radius 1 is 0.931 bits per heavy atom. The molecule has 5 aromatic rings. The number of benzene rings is 4. The van der Waals surface area contributed by atoms with Gasteiger partial charge in [0.25, 0.3) is 11.8 Å². The third kappa shape index (κ3) is 7.63. The first-order valence-corrected chi connectivity index (χ1v) is 18.8. The van der Waals surface area contributed by atoms with Crippen molar-refractivity contribution in [3.05, 3.63) is 135 Å². The van der Waals surface area contributed by atoms with E-state index in [1.807, 2.05) is 0 Å². The van der Waals surface area contributed by atoms with Crippen molar-refractivity contribution in [3.8, 4) is 11.3 Å². The van der Waals surface area contributed by atoms with Crippen LogP contribution in [-0.2, 0) is 27.5 Å².